The van der Waals surface area contributed by atoms with E-state index in [4.69, 9.17) is 0 Å². The van der Waals surface area contributed by atoms with E-state index in [2.05, 4.69) is 33.0 Å². The normalized spacial score (nSPS) is 13.7. The lowest BCUT2D eigenvalue weighted by Gasteiger charge is -2.28. The molecule has 0 spiro atoms. The Balaban J connectivity index is 1.54. The minimum atomic E-state index is -0.119. The Hall–Kier alpha value is -3.02. The van der Waals surface area contributed by atoms with Crippen molar-refractivity contribution < 1.29 is 9.59 Å². The van der Waals surface area contributed by atoms with Crippen molar-refractivity contribution in [2.75, 3.05) is 40.5 Å². The molecule has 0 saturated carbocycles. The van der Waals surface area contributed by atoms with E-state index in [0.29, 0.717) is 0 Å². The highest BCUT2D eigenvalue weighted by Gasteiger charge is 2.11. The molecule has 1 saturated heterocycles. The first-order valence-electron chi connectivity index (χ1n) is 9.79. The second-order valence-electron chi connectivity index (χ2n) is 7.16. The van der Waals surface area contributed by atoms with Crippen molar-refractivity contribution in [3.8, 4) is 0 Å². The number of anilines is 4. The molecule has 2 aromatic carbocycles. The van der Waals surface area contributed by atoms with Crippen molar-refractivity contribution >= 4 is 34.6 Å². The summed E-state index contributed by atoms with van der Waals surface area (Å²) in [6, 6.07) is 13.6. The number of carbonyl (C=O) groups is 2. The smallest absolute Gasteiger partial charge is 0.243 e. The Morgan fingerprint density at radius 2 is 1.61 bits per heavy atom. The van der Waals surface area contributed by atoms with E-state index in [1.807, 2.05) is 37.3 Å². The average Bonchev–Trinajstić information content (AvgIpc) is 2.69. The lowest BCUT2D eigenvalue weighted by molar-refractivity contribution is -0.115. The van der Waals surface area contributed by atoms with Gasteiger partial charge in [-0.05, 0) is 68.1 Å². The zero-order valence-electron chi connectivity index (χ0n) is 16.5. The number of benzene rings is 2. The fourth-order valence-corrected chi connectivity index (χ4v) is 3.44. The summed E-state index contributed by atoms with van der Waals surface area (Å²) in [6.07, 6.45) is 3.80. The molecule has 3 rings (SSSR count). The Labute approximate surface area is 166 Å². The molecule has 0 aliphatic carbocycles. The van der Waals surface area contributed by atoms with Crippen LogP contribution in [-0.4, -0.2) is 31.4 Å². The van der Waals surface area contributed by atoms with Crippen LogP contribution < -0.4 is 20.9 Å². The fraction of sp³-hybridized carbons (Fsp3) is 0.364. The largest absolute Gasteiger partial charge is 0.376 e. The third kappa shape index (κ3) is 5.25. The molecule has 0 atom stereocenters. The Bertz CT molecular complexity index is 827. The summed E-state index contributed by atoms with van der Waals surface area (Å²) in [5.41, 5.74) is 4.46. The molecule has 0 aromatic heterocycles. The zero-order valence-corrected chi connectivity index (χ0v) is 16.5. The molecule has 6 nitrogen and oxygen atoms in total. The summed E-state index contributed by atoms with van der Waals surface area (Å²) in [7, 11) is 0. The Morgan fingerprint density at radius 3 is 2.29 bits per heavy atom. The highest BCUT2D eigenvalue weighted by atomic mass is 16.2. The van der Waals surface area contributed by atoms with Crippen LogP contribution in [0.25, 0.3) is 0 Å². The molecule has 0 bridgehead atoms. The fourth-order valence-electron chi connectivity index (χ4n) is 3.44. The molecule has 0 unspecified atom stereocenters. The molecule has 2 aromatic rings. The number of nitrogens with one attached hydrogen (secondary N) is 3. The first-order valence-corrected chi connectivity index (χ1v) is 9.79. The van der Waals surface area contributed by atoms with Crippen molar-refractivity contribution in [3.63, 3.8) is 0 Å². The molecule has 6 heteroatoms. The van der Waals surface area contributed by atoms with Gasteiger partial charge in [0.1, 0.15) is 0 Å². The lowest BCUT2D eigenvalue weighted by atomic mass is 10.1. The maximum atomic E-state index is 12.3. The second kappa shape index (κ2) is 9.26. The predicted molar refractivity (Wildman–Crippen MR) is 115 cm³/mol. The van der Waals surface area contributed by atoms with Gasteiger partial charge in [0.15, 0.2) is 0 Å². The van der Waals surface area contributed by atoms with Crippen LogP contribution in [0.1, 0.15) is 31.7 Å². The molecule has 148 valence electrons. The first kappa shape index (κ1) is 19.7. The van der Waals surface area contributed by atoms with Crippen LogP contribution in [0.15, 0.2) is 42.5 Å². The van der Waals surface area contributed by atoms with Gasteiger partial charge in [-0.1, -0.05) is 6.07 Å². The van der Waals surface area contributed by atoms with Gasteiger partial charge in [0.05, 0.1) is 6.54 Å². The van der Waals surface area contributed by atoms with Crippen LogP contribution in [0, 0.1) is 6.92 Å². The quantitative estimate of drug-likeness (QED) is 0.708. The molecule has 1 heterocycles. The van der Waals surface area contributed by atoms with E-state index < -0.39 is 0 Å². The molecular formula is C22H28N4O2. The summed E-state index contributed by atoms with van der Waals surface area (Å²) in [5, 5.41) is 8.85. The number of amides is 2. The number of nitrogens with zero attached hydrogens (tertiary/aromatic N) is 1. The van der Waals surface area contributed by atoms with Crippen molar-refractivity contribution in [1.29, 1.82) is 0 Å². The van der Waals surface area contributed by atoms with Gasteiger partial charge in [0.2, 0.25) is 11.8 Å². The molecule has 1 aliphatic rings. The molecule has 0 radical (unpaired) electrons. The second-order valence-corrected chi connectivity index (χ2v) is 7.16. The summed E-state index contributed by atoms with van der Waals surface area (Å²) < 4.78 is 0. The summed E-state index contributed by atoms with van der Waals surface area (Å²) in [4.78, 5) is 26.0. The monoisotopic (exact) mass is 380 g/mol. The lowest BCUT2D eigenvalue weighted by Crippen LogP contribution is -2.29. The standard InChI is InChI=1S/C22H28N4O2/c1-16-20(7-6-8-21(16)24-17(2)27)23-15-22(28)25-18-9-11-19(12-10-18)26-13-4-3-5-14-26/h6-12,23H,3-5,13-15H2,1-2H3,(H,24,27)(H,25,28). The Kier molecular flexibility index (Phi) is 6.53. The summed E-state index contributed by atoms with van der Waals surface area (Å²) in [5.74, 6) is -0.235. The van der Waals surface area contributed by atoms with Gasteiger partial charge in [0, 0.05) is 42.8 Å². The van der Waals surface area contributed by atoms with Crippen molar-refractivity contribution in [2.45, 2.75) is 33.1 Å². The maximum Gasteiger partial charge on any atom is 0.243 e. The van der Waals surface area contributed by atoms with Crippen LogP contribution in [0.2, 0.25) is 0 Å². The molecule has 3 N–H and O–H groups in total. The van der Waals surface area contributed by atoms with Crippen molar-refractivity contribution in [3.05, 3.63) is 48.0 Å². The molecule has 2 amide bonds. The van der Waals surface area contributed by atoms with Crippen molar-refractivity contribution in [2.24, 2.45) is 0 Å². The van der Waals surface area contributed by atoms with Crippen LogP contribution in [0.4, 0.5) is 22.7 Å². The predicted octanol–water partition coefficient (Wildman–Crippen LogP) is 3.99. The third-order valence-electron chi connectivity index (χ3n) is 4.96. The van der Waals surface area contributed by atoms with E-state index in [9.17, 15) is 9.59 Å². The molecule has 28 heavy (non-hydrogen) atoms. The maximum absolute atomic E-state index is 12.3. The highest BCUT2D eigenvalue weighted by molar-refractivity contribution is 5.94. The van der Waals surface area contributed by atoms with Crippen LogP contribution >= 0.6 is 0 Å². The van der Waals surface area contributed by atoms with Crippen LogP contribution in [0.5, 0.6) is 0 Å². The van der Waals surface area contributed by atoms with Gasteiger partial charge in [-0.15, -0.1) is 0 Å². The van der Waals surface area contributed by atoms with E-state index in [1.165, 1.54) is 31.9 Å². The average molecular weight is 380 g/mol. The molecular weight excluding hydrogens is 352 g/mol. The van der Waals surface area contributed by atoms with Gasteiger partial charge in [-0.25, -0.2) is 0 Å². The van der Waals surface area contributed by atoms with Gasteiger partial charge < -0.3 is 20.9 Å². The third-order valence-corrected chi connectivity index (χ3v) is 4.96. The molecule has 1 aliphatic heterocycles. The van der Waals surface area contributed by atoms with Gasteiger partial charge in [0.25, 0.3) is 0 Å². The number of hydrogen-bond donors (Lipinski definition) is 3. The number of hydrogen-bond acceptors (Lipinski definition) is 4. The zero-order chi connectivity index (χ0) is 19.9. The van der Waals surface area contributed by atoms with E-state index in [0.717, 1.165) is 35.7 Å². The summed E-state index contributed by atoms with van der Waals surface area (Å²) in [6.45, 7) is 5.74. The van der Waals surface area contributed by atoms with E-state index >= 15 is 0 Å². The SMILES string of the molecule is CC(=O)Nc1cccc(NCC(=O)Nc2ccc(N3CCCCC3)cc2)c1C. The van der Waals surface area contributed by atoms with Gasteiger partial charge in [-0.2, -0.15) is 0 Å². The number of piperidine rings is 1. The minimum absolute atomic E-state index is 0.116. The van der Waals surface area contributed by atoms with Gasteiger partial charge in [-0.3, -0.25) is 9.59 Å². The topological polar surface area (TPSA) is 73.5 Å². The molecule has 1 fully saturated rings. The van der Waals surface area contributed by atoms with E-state index in [-0.39, 0.29) is 18.4 Å². The highest BCUT2D eigenvalue weighted by Crippen LogP contribution is 2.24. The van der Waals surface area contributed by atoms with Crippen molar-refractivity contribution in [1.82, 2.24) is 0 Å². The van der Waals surface area contributed by atoms with E-state index in [1.54, 1.807) is 0 Å². The van der Waals surface area contributed by atoms with Crippen LogP contribution in [-0.2, 0) is 9.59 Å². The number of rotatable bonds is 6. The minimum Gasteiger partial charge on any atom is -0.376 e. The van der Waals surface area contributed by atoms with Gasteiger partial charge >= 0.3 is 0 Å². The Morgan fingerprint density at radius 1 is 0.929 bits per heavy atom. The summed E-state index contributed by atoms with van der Waals surface area (Å²) >= 11 is 0. The number of carbonyl (C=O) groups excluding carboxylic acids is 2. The van der Waals surface area contributed by atoms with Crippen LogP contribution in [0.3, 0.4) is 0 Å². The first-order chi connectivity index (χ1) is 13.5.